The van der Waals surface area contributed by atoms with Gasteiger partial charge in [-0.3, -0.25) is 9.69 Å². The minimum Gasteiger partial charge on any atom is -0.475 e. The summed E-state index contributed by atoms with van der Waals surface area (Å²) in [4.78, 5) is 40.6. The molecule has 2 aliphatic heterocycles. The molecule has 1 saturated carbocycles. The van der Waals surface area contributed by atoms with Gasteiger partial charge < -0.3 is 19.8 Å². The highest BCUT2D eigenvalue weighted by Gasteiger charge is 2.38. The molecule has 1 aromatic carbocycles. The summed E-state index contributed by atoms with van der Waals surface area (Å²) in [6.45, 7) is 11.6. The van der Waals surface area contributed by atoms with Gasteiger partial charge in [0.2, 0.25) is 5.82 Å². The highest BCUT2D eigenvalue weighted by atomic mass is 79.9. The number of rotatable bonds is 9. The first-order valence-corrected chi connectivity index (χ1v) is 16.9. The summed E-state index contributed by atoms with van der Waals surface area (Å²) in [7, 11) is 2.23. The molecule has 3 heterocycles. The predicted molar refractivity (Wildman–Crippen MR) is 175 cm³/mol. The van der Waals surface area contributed by atoms with E-state index >= 15 is 0 Å². The second kappa shape index (κ2) is 16.8. The normalized spacial score (nSPS) is 21.5. The topological polar surface area (TPSA) is 117 Å². The van der Waals surface area contributed by atoms with Crippen LogP contribution in [0.5, 0.6) is 0 Å². The molecule has 0 spiro atoms. The van der Waals surface area contributed by atoms with Crippen molar-refractivity contribution in [3.8, 4) is 6.07 Å². The number of ketones is 1. The van der Waals surface area contributed by atoms with E-state index in [4.69, 9.17) is 9.90 Å². The van der Waals surface area contributed by atoms with Crippen LogP contribution >= 0.6 is 15.9 Å². The molecule has 1 aliphatic carbocycles. The number of carboxylic acids is 1. The smallest absolute Gasteiger partial charge is 0.475 e. The molecule has 0 radical (unpaired) electrons. The number of hydrogen-bond acceptors (Lipinski definition) is 9. The maximum absolute atomic E-state index is 13.5. The van der Waals surface area contributed by atoms with Gasteiger partial charge in [0.25, 0.3) is 0 Å². The third-order valence-corrected chi connectivity index (χ3v) is 9.82. The molecular weight excluding hydrogens is 679 g/mol. The van der Waals surface area contributed by atoms with Gasteiger partial charge >= 0.3 is 12.1 Å². The number of nitriles is 1. The number of benzene rings is 1. The number of aliphatic carboxylic acids is 1. The summed E-state index contributed by atoms with van der Waals surface area (Å²) >= 11 is 3.56. The van der Waals surface area contributed by atoms with Gasteiger partial charge in [0.05, 0.1) is 11.0 Å². The number of piperidine rings is 1. The number of anilines is 1. The van der Waals surface area contributed by atoms with Crippen molar-refractivity contribution in [3.63, 3.8) is 0 Å². The largest absolute Gasteiger partial charge is 0.490 e. The molecule has 256 valence electrons. The van der Waals surface area contributed by atoms with Gasteiger partial charge in [-0.05, 0) is 85.6 Å². The number of carbonyl (C=O) groups excluding carboxylic acids is 1. The molecule has 1 N–H and O–H groups in total. The van der Waals surface area contributed by atoms with Gasteiger partial charge in [-0.1, -0.05) is 31.2 Å². The van der Waals surface area contributed by atoms with Gasteiger partial charge in [0.15, 0.2) is 5.78 Å². The molecule has 0 amide bonds. The average molecular weight is 723 g/mol. The number of halogens is 4. The number of Topliss-reactive ketones (excluding diaryl/α,β-unsaturated/α-hetero) is 1. The minimum absolute atomic E-state index is 0.0673. The maximum Gasteiger partial charge on any atom is 0.490 e. The Bertz CT molecular complexity index is 1390. The fraction of sp³-hybridized carbons (Fsp3) is 0.606. The average Bonchev–Trinajstić information content (AvgIpc) is 3.48. The fourth-order valence-corrected chi connectivity index (χ4v) is 6.91. The SMILES string of the molecule is CC1CCC(N(CC(=O)c2ccc(CN3CCN(CC4CCN(C)CC4)CC3)cc2)c2nc(C#N)ncc2Br)C1.O=C(O)C(F)(F)F. The first-order chi connectivity index (χ1) is 22.3. The second-order valence-corrected chi connectivity index (χ2v) is 13.8. The van der Waals surface area contributed by atoms with Crippen molar-refractivity contribution in [3.05, 3.63) is 51.9 Å². The summed E-state index contributed by atoms with van der Waals surface area (Å²) in [6, 6.07) is 10.4. The van der Waals surface area contributed by atoms with E-state index in [1.54, 1.807) is 6.20 Å². The van der Waals surface area contributed by atoms with Crippen LogP contribution in [-0.4, -0.2) is 113 Å². The lowest BCUT2D eigenvalue weighted by Crippen LogP contribution is -2.48. The number of carbonyl (C=O) groups is 2. The van der Waals surface area contributed by atoms with Crippen LogP contribution in [0.2, 0.25) is 0 Å². The van der Waals surface area contributed by atoms with Crippen LogP contribution in [0.1, 0.15) is 60.8 Å². The quantitative estimate of drug-likeness (QED) is 0.352. The van der Waals surface area contributed by atoms with Crippen molar-refractivity contribution in [2.45, 2.75) is 57.8 Å². The highest BCUT2D eigenvalue weighted by Crippen LogP contribution is 2.34. The van der Waals surface area contributed by atoms with Crippen LogP contribution < -0.4 is 4.90 Å². The van der Waals surface area contributed by atoms with E-state index < -0.39 is 12.1 Å². The molecule has 0 bridgehead atoms. The number of likely N-dealkylation sites (tertiary alicyclic amines) is 1. The van der Waals surface area contributed by atoms with Crippen molar-refractivity contribution in [1.82, 2.24) is 24.7 Å². The van der Waals surface area contributed by atoms with E-state index in [1.165, 1.54) is 38.0 Å². The molecule has 5 rings (SSSR count). The van der Waals surface area contributed by atoms with E-state index in [-0.39, 0.29) is 24.2 Å². The Kier molecular flexibility index (Phi) is 13.1. The monoisotopic (exact) mass is 721 g/mol. The zero-order chi connectivity index (χ0) is 34.1. The van der Waals surface area contributed by atoms with Crippen LogP contribution in [-0.2, 0) is 11.3 Å². The third kappa shape index (κ3) is 11.0. The molecule has 10 nitrogen and oxygen atoms in total. The lowest BCUT2D eigenvalue weighted by Gasteiger charge is -2.38. The highest BCUT2D eigenvalue weighted by molar-refractivity contribution is 9.10. The van der Waals surface area contributed by atoms with Gasteiger partial charge in [0, 0.05) is 57.1 Å². The standard InChI is InChI=1S/C31H42BrN7O.C2HF3O2/c1-23-3-8-27(17-23)39(31-28(32)19-34-30(18-33)35-31)22-29(40)26-6-4-24(5-7-26)20-37-13-15-38(16-14-37)21-25-9-11-36(2)12-10-25;3-2(4,5)1(6)7/h4-7,19,23,25,27H,3,8-17,20-22H2,1-2H3;(H,6,7). The van der Waals surface area contributed by atoms with E-state index in [0.29, 0.717) is 21.8 Å². The molecule has 2 aromatic rings. The van der Waals surface area contributed by atoms with Crippen LogP contribution in [0, 0.1) is 23.2 Å². The van der Waals surface area contributed by atoms with Gasteiger partial charge in [-0.2, -0.15) is 18.4 Å². The van der Waals surface area contributed by atoms with Crippen LogP contribution in [0.25, 0.3) is 0 Å². The Labute approximate surface area is 282 Å². The number of nitrogens with zero attached hydrogens (tertiary/aromatic N) is 7. The Balaban J connectivity index is 0.000000644. The number of aromatic nitrogens is 2. The number of carboxylic acid groups (broad SMARTS) is 1. The Hall–Kier alpha value is -3.12. The third-order valence-electron chi connectivity index (χ3n) is 9.26. The van der Waals surface area contributed by atoms with Crippen LogP contribution in [0.4, 0.5) is 19.0 Å². The lowest BCUT2D eigenvalue weighted by atomic mass is 9.96. The Morgan fingerprint density at radius 3 is 2.21 bits per heavy atom. The van der Waals surface area contributed by atoms with Crippen molar-refractivity contribution >= 4 is 33.5 Å². The summed E-state index contributed by atoms with van der Waals surface area (Å²) in [5.41, 5.74) is 1.97. The molecule has 1 aromatic heterocycles. The van der Waals surface area contributed by atoms with Gasteiger partial charge in [-0.15, -0.1) is 0 Å². The van der Waals surface area contributed by atoms with Crippen LogP contribution in [0.3, 0.4) is 0 Å². The molecular formula is C33H43BrF3N7O3. The van der Waals surface area contributed by atoms with Crippen LogP contribution in [0.15, 0.2) is 34.9 Å². The molecule has 2 atom stereocenters. The predicted octanol–water partition coefficient (Wildman–Crippen LogP) is 5.08. The minimum atomic E-state index is -5.08. The first-order valence-electron chi connectivity index (χ1n) is 16.1. The summed E-state index contributed by atoms with van der Waals surface area (Å²) < 4.78 is 32.4. The van der Waals surface area contributed by atoms with Crippen molar-refractivity contribution in [1.29, 1.82) is 5.26 Å². The van der Waals surface area contributed by atoms with Gasteiger partial charge in [-0.25, -0.2) is 14.8 Å². The van der Waals surface area contributed by atoms with E-state index in [1.807, 2.05) is 18.2 Å². The lowest BCUT2D eigenvalue weighted by molar-refractivity contribution is -0.192. The number of alkyl halides is 3. The Morgan fingerprint density at radius 1 is 1.04 bits per heavy atom. The second-order valence-electron chi connectivity index (χ2n) is 12.9. The molecule has 14 heteroatoms. The molecule has 3 aliphatic rings. The molecule has 2 unspecified atom stereocenters. The molecule has 3 fully saturated rings. The van der Waals surface area contributed by atoms with Crippen molar-refractivity contribution < 1.29 is 27.9 Å². The van der Waals surface area contributed by atoms with Crippen molar-refractivity contribution in [2.24, 2.45) is 11.8 Å². The van der Waals surface area contributed by atoms with E-state index in [0.717, 1.165) is 57.9 Å². The molecule has 2 saturated heterocycles. The summed E-state index contributed by atoms with van der Waals surface area (Å²) in [5, 5.41) is 16.5. The summed E-state index contributed by atoms with van der Waals surface area (Å²) in [6.07, 6.45) is 2.34. The maximum atomic E-state index is 13.5. The van der Waals surface area contributed by atoms with Gasteiger partial charge in [0.1, 0.15) is 11.9 Å². The first kappa shape index (κ1) is 36.7. The Morgan fingerprint density at radius 2 is 1.66 bits per heavy atom. The fourth-order valence-electron chi connectivity index (χ4n) is 6.49. The number of piperazine rings is 1. The van der Waals surface area contributed by atoms with E-state index in [2.05, 4.69) is 71.6 Å². The number of hydrogen-bond donors (Lipinski definition) is 1. The summed E-state index contributed by atoms with van der Waals surface area (Å²) in [5.74, 6) is -0.483. The zero-order valence-corrected chi connectivity index (χ0v) is 28.5. The zero-order valence-electron chi connectivity index (χ0n) is 26.9. The molecule has 47 heavy (non-hydrogen) atoms. The van der Waals surface area contributed by atoms with Crippen molar-refractivity contribution in [2.75, 3.05) is 64.3 Å². The van der Waals surface area contributed by atoms with E-state index in [9.17, 15) is 23.2 Å².